The summed E-state index contributed by atoms with van der Waals surface area (Å²) >= 11 is 1.33. The molecule has 0 saturated carbocycles. The standard InChI is InChI=1S/C9H20BNO4.C7H11N3O3S/c1-7(12)11-6-10(14)15-9(4,5)8(2,3)13;1-7(2,5(11)12)13-10-4-3-14-6(8)9-4/h13-14H,6H2,1-5H3,(H,11,12);3H2,1-2H3,(H,11,12)(H2,8,9,10). The maximum atomic E-state index is 10.6. The lowest BCUT2D eigenvalue weighted by Gasteiger charge is -2.38. The Morgan fingerprint density at radius 3 is 2.24 bits per heavy atom. The predicted molar refractivity (Wildman–Crippen MR) is 112 cm³/mol. The van der Waals surface area contributed by atoms with Crippen LogP contribution in [0.5, 0.6) is 0 Å². The number of aliphatic hydroxyl groups is 1. The molecule has 0 fully saturated rings. The van der Waals surface area contributed by atoms with Crippen LogP contribution in [0.2, 0.25) is 0 Å². The molecule has 0 radical (unpaired) electrons. The summed E-state index contributed by atoms with van der Waals surface area (Å²) in [5, 5.41) is 34.4. The highest BCUT2D eigenvalue weighted by Crippen LogP contribution is 2.25. The zero-order valence-electron chi connectivity index (χ0n) is 17.8. The lowest BCUT2D eigenvalue weighted by atomic mass is 9.83. The van der Waals surface area contributed by atoms with Crippen molar-refractivity contribution in [2.24, 2.45) is 15.9 Å². The molecule has 13 heteroatoms. The molecule has 1 rings (SSSR count). The number of hydrogen-bond donors (Lipinski definition) is 5. The van der Waals surface area contributed by atoms with Crippen LogP contribution in [0, 0.1) is 0 Å². The average Bonchev–Trinajstić information content (AvgIpc) is 2.96. The Labute approximate surface area is 175 Å². The number of carbonyl (C=O) groups excluding carboxylic acids is 1. The number of nitrogens with zero attached hydrogens (tertiary/aromatic N) is 2. The van der Waals surface area contributed by atoms with E-state index in [0.29, 0.717) is 16.8 Å². The number of nitrogens with two attached hydrogens (primary N) is 1. The maximum Gasteiger partial charge on any atom is 0.475 e. The summed E-state index contributed by atoms with van der Waals surface area (Å²) in [5.41, 5.74) is 2.06. The monoisotopic (exact) mass is 434 g/mol. The topological polar surface area (TPSA) is 176 Å². The van der Waals surface area contributed by atoms with Crippen LogP contribution < -0.4 is 11.1 Å². The van der Waals surface area contributed by atoms with E-state index in [9.17, 15) is 19.7 Å². The fraction of sp³-hybridized carbons (Fsp3) is 0.750. The molecular formula is C16H31BN4O7S. The van der Waals surface area contributed by atoms with Crippen LogP contribution in [0.3, 0.4) is 0 Å². The van der Waals surface area contributed by atoms with Gasteiger partial charge in [0.2, 0.25) is 11.5 Å². The van der Waals surface area contributed by atoms with E-state index in [1.165, 1.54) is 32.5 Å². The van der Waals surface area contributed by atoms with Crippen molar-refractivity contribution in [3.8, 4) is 0 Å². The molecule has 1 amide bonds. The number of thioether (sulfide) groups is 1. The Morgan fingerprint density at radius 2 is 1.86 bits per heavy atom. The van der Waals surface area contributed by atoms with Crippen molar-refractivity contribution < 1.29 is 34.3 Å². The number of carboxylic acid groups (broad SMARTS) is 1. The highest BCUT2D eigenvalue weighted by molar-refractivity contribution is 8.14. The average molecular weight is 434 g/mol. The first-order valence-electron chi connectivity index (χ1n) is 8.76. The number of amides is 1. The Hall–Kier alpha value is -1.83. The van der Waals surface area contributed by atoms with Crippen LogP contribution in [0.4, 0.5) is 0 Å². The van der Waals surface area contributed by atoms with E-state index in [0.717, 1.165) is 0 Å². The van der Waals surface area contributed by atoms with Crippen molar-refractivity contribution in [2.45, 2.75) is 65.3 Å². The molecule has 0 bridgehead atoms. The molecule has 1 aliphatic heterocycles. The molecule has 1 aliphatic rings. The minimum absolute atomic E-state index is 0.00877. The number of aliphatic imine (C=N–C) groups is 1. The summed E-state index contributed by atoms with van der Waals surface area (Å²) < 4.78 is 5.24. The van der Waals surface area contributed by atoms with Crippen LogP contribution in [-0.2, 0) is 19.1 Å². The van der Waals surface area contributed by atoms with Crippen molar-refractivity contribution in [3.63, 3.8) is 0 Å². The summed E-state index contributed by atoms with van der Waals surface area (Å²) in [7, 11) is -1.13. The van der Waals surface area contributed by atoms with Gasteiger partial charge in [-0.2, -0.15) is 0 Å². The lowest BCUT2D eigenvalue weighted by Crippen LogP contribution is -2.52. The normalized spacial score (nSPS) is 15.9. The Bertz CT molecular complexity index is 648. The second kappa shape index (κ2) is 10.8. The van der Waals surface area contributed by atoms with Gasteiger partial charge in [0.15, 0.2) is 11.0 Å². The molecule has 0 saturated heterocycles. The predicted octanol–water partition coefficient (Wildman–Crippen LogP) is -0.0505. The van der Waals surface area contributed by atoms with Gasteiger partial charge in [0.05, 0.1) is 23.4 Å². The van der Waals surface area contributed by atoms with E-state index >= 15 is 0 Å². The van der Waals surface area contributed by atoms with Gasteiger partial charge in [0, 0.05) is 6.92 Å². The lowest BCUT2D eigenvalue weighted by molar-refractivity contribution is -0.161. The van der Waals surface area contributed by atoms with Crippen LogP contribution in [0.15, 0.2) is 10.1 Å². The molecule has 0 aromatic heterocycles. The number of carbonyl (C=O) groups is 2. The molecule has 166 valence electrons. The molecule has 0 unspecified atom stereocenters. The van der Waals surface area contributed by atoms with Gasteiger partial charge in [-0.25, -0.2) is 9.79 Å². The second-order valence-electron chi connectivity index (χ2n) is 7.73. The van der Waals surface area contributed by atoms with Gasteiger partial charge in [-0.1, -0.05) is 16.9 Å². The summed E-state index contributed by atoms with van der Waals surface area (Å²) in [4.78, 5) is 29.9. The van der Waals surface area contributed by atoms with Crippen LogP contribution in [0.1, 0.15) is 48.5 Å². The number of nitrogens with one attached hydrogen (secondary N) is 1. The zero-order chi connectivity index (χ0) is 23.0. The largest absolute Gasteiger partial charge is 0.478 e. The first kappa shape index (κ1) is 27.2. The zero-order valence-corrected chi connectivity index (χ0v) is 18.7. The molecule has 0 aromatic rings. The van der Waals surface area contributed by atoms with E-state index in [1.54, 1.807) is 27.7 Å². The summed E-state index contributed by atoms with van der Waals surface area (Å²) in [6, 6.07) is 0. The fourth-order valence-corrected chi connectivity index (χ4v) is 1.90. The molecule has 11 nitrogen and oxygen atoms in total. The van der Waals surface area contributed by atoms with Gasteiger partial charge >= 0.3 is 13.1 Å². The van der Waals surface area contributed by atoms with Crippen molar-refractivity contribution in [3.05, 3.63) is 0 Å². The van der Waals surface area contributed by atoms with Gasteiger partial charge in [-0.15, -0.1) is 0 Å². The summed E-state index contributed by atoms with van der Waals surface area (Å²) in [6.45, 7) is 10.7. The van der Waals surface area contributed by atoms with Crippen molar-refractivity contribution in [1.82, 2.24) is 5.32 Å². The molecule has 0 spiro atoms. The minimum Gasteiger partial charge on any atom is -0.478 e. The van der Waals surface area contributed by atoms with Crippen LogP contribution in [0.25, 0.3) is 0 Å². The third-order valence-electron chi connectivity index (χ3n) is 3.91. The van der Waals surface area contributed by atoms with Crippen molar-refractivity contribution in [2.75, 3.05) is 12.2 Å². The second-order valence-corrected chi connectivity index (χ2v) is 8.73. The van der Waals surface area contributed by atoms with Gasteiger partial charge in [-0.3, -0.25) is 4.79 Å². The molecule has 0 atom stereocenters. The first-order valence-corrected chi connectivity index (χ1v) is 9.74. The number of aliphatic carboxylic acids is 1. The van der Waals surface area contributed by atoms with E-state index in [2.05, 4.69) is 15.5 Å². The highest BCUT2D eigenvalue weighted by atomic mass is 32.2. The number of carboxylic acids is 1. The Balaban J connectivity index is 0.000000541. The molecule has 1 heterocycles. The molecule has 0 aromatic carbocycles. The quantitative estimate of drug-likeness (QED) is 0.259. The number of hydrogen-bond acceptors (Lipinski definition) is 9. The number of oxime groups is 1. The molecular weight excluding hydrogens is 403 g/mol. The van der Waals surface area contributed by atoms with E-state index in [-0.39, 0.29) is 12.4 Å². The van der Waals surface area contributed by atoms with Gasteiger partial charge in [0.1, 0.15) is 0 Å². The van der Waals surface area contributed by atoms with Crippen LogP contribution in [-0.4, -0.2) is 74.2 Å². The first-order chi connectivity index (χ1) is 13.0. The minimum atomic E-state index is -1.34. The highest BCUT2D eigenvalue weighted by Gasteiger charge is 2.38. The third-order valence-corrected chi connectivity index (χ3v) is 4.70. The van der Waals surface area contributed by atoms with E-state index < -0.39 is 29.9 Å². The van der Waals surface area contributed by atoms with Gasteiger partial charge < -0.3 is 35.8 Å². The summed E-state index contributed by atoms with van der Waals surface area (Å²) in [5.74, 6) is -0.397. The van der Waals surface area contributed by atoms with E-state index in [4.69, 9.17) is 20.3 Å². The van der Waals surface area contributed by atoms with Gasteiger partial charge in [-0.05, 0) is 41.5 Å². The number of amidine groups is 2. The summed E-state index contributed by atoms with van der Waals surface area (Å²) in [6.07, 6.45) is 0.00877. The smallest absolute Gasteiger partial charge is 0.475 e. The van der Waals surface area contributed by atoms with Gasteiger partial charge in [0.25, 0.3) is 0 Å². The third kappa shape index (κ3) is 10.5. The fourth-order valence-electron chi connectivity index (χ4n) is 1.34. The number of rotatable bonds is 8. The molecule has 0 aliphatic carbocycles. The molecule has 6 N–H and O–H groups in total. The van der Waals surface area contributed by atoms with Crippen molar-refractivity contribution >= 4 is 41.8 Å². The molecule has 29 heavy (non-hydrogen) atoms. The Kier molecular flexibility index (Phi) is 10.1. The maximum absolute atomic E-state index is 10.6. The van der Waals surface area contributed by atoms with Crippen molar-refractivity contribution in [1.29, 1.82) is 0 Å². The van der Waals surface area contributed by atoms with Crippen LogP contribution >= 0.6 is 11.8 Å². The van der Waals surface area contributed by atoms with E-state index in [1.807, 2.05) is 0 Å². The SMILES string of the molecule is CC(=O)NCB(O)OC(C)(C)C(C)(C)O.CC(C)(ON=C1CSC(N)=N1)C(=O)O. The Morgan fingerprint density at radius 1 is 1.31 bits per heavy atom.